The first-order chi connectivity index (χ1) is 11.4. The van der Waals surface area contributed by atoms with Crippen molar-refractivity contribution in [2.24, 2.45) is 0 Å². The summed E-state index contributed by atoms with van der Waals surface area (Å²) >= 11 is 0. The number of rotatable bonds is 7. The van der Waals surface area contributed by atoms with E-state index in [2.05, 4.69) is 0 Å². The normalized spacial score (nSPS) is 11.5. The van der Waals surface area contributed by atoms with E-state index in [1.54, 1.807) is 38.3 Å². The number of benzene rings is 2. The van der Waals surface area contributed by atoms with E-state index in [1.165, 1.54) is 28.6 Å². The Labute approximate surface area is 140 Å². The molecule has 2 rings (SSSR count). The highest BCUT2D eigenvalue weighted by molar-refractivity contribution is 7.89. The Bertz CT molecular complexity index is 819. The third-order valence-corrected chi connectivity index (χ3v) is 5.52. The summed E-state index contributed by atoms with van der Waals surface area (Å²) in [4.78, 5) is 10.1. The van der Waals surface area contributed by atoms with Crippen molar-refractivity contribution in [1.29, 1.82) is 0 Å². The lowest BCUT2D eigenvalue weighted by molar-refractivity contribution is -0.387. The lowest BCUT2D eigenvalue weighted by Crippen LogP contribution is -2.30. The van der Waals surface area contributed by atoms with Crippen LogP contribution in [0.15, 0.2) is 53.4 Å². The molecule has 0 N–H and O–H groups in total. The summed E-state index contributed by atoms with van der Waals surface area (Å²) in [6.07, 6.45) is 0. The van der Waals surface area contributed by atoms with E-state index in [0.29, 0.717) is 5.75 Å². The number of nitro benzene ring substituents is 1. The Balaban J connectivity index is 2.36. The average molecular weight is 350 g/mol. The summed E-state index contributed by atoms with van der Waals surface area (Å²) in [6, 6.07) is 12.4. The predicted octanol–water partition coefficient (Wildman–Crippen LogP) is 2.81. The molecule has 0 aromatic heterocycles. The number of methoxy groups -OCH3 is 1. The minimum Gasteiger partial charge on any atom is -0.497 e. The van der Waals surface area contributed by atoms with Crippen molar-refractivity contribution in [3.8, 4) is 5.75 Å². The number of para-hydroxylation sites is 1. The quantitative estimate of drug-likeness (QED) is 0.566. The maximum Gasteiger partial charge on any atom is 0.289 e. The van der Waals surface area contributed by atoms with Crippen molar-refractivity contribution in [1.82, 2.24) is 4.31 Å². The molecule has 0 radical (unpaired) electrons. The van der Waals surface area contributed by atoms with Gasteiger partial charge in [-0.25, -0.2) is 8.42 Å². The van der Waals surface area contributed by atoms with E-state index in [0.717, 1.165) is 5.56 Å². The second kappa shape index (κ2) is 7.41. The van der Waals surface area contributed by atoms with Crippen molar-refractivity contribution in [3.63, 3.8) is 0 Å². The Morgan fingerprint density at radius 3 is 2.29 bits per heavy atom. The number of hydrogen-bond acceptors (Lipinski definition) is 5. The highest BCUT2D eigenvalue weighted by Crippen LogP contribution is 2.27. The molecule has 0 aliphatic carbocycles. The molecule has 8 heteroatoms. The number of hydrogen-bond donors (Lipinski definition) is 0. The number of ether oxygens (including phenoxy) is 1. The van der Waals surface area contributed by atoms with Crippen LogP contribution in [0.25, 0.3) is 0 Å². The molecule has 0 fully saturated rings. The van der Waals surface area contributed by atoms with Gasteiger partial charge in [-0.1, -0.05) is 31.2 Å². The lowest BCUT2D eigenvalue weighted by Gasteiger charge is -2.20. The SMILES string of the molecule is CCN(Cc1ccc(OC)cc1)S(=O)(=O)c1ccccc1[N+](=O)[O-]. The maximum atomic E-state index is 12.8. The van der Waals surface area contributed by atoms with Crippen LogP contribution >= 0.6 is 0 Å². The van der Waals surface area contributed by atoms with Crippen molar-refractivity contribution in [3.05, 3.63) is 64.2 Å². The van der Waals surface area contributed by atoms with E-state index in [-0.39, 0.29) is 18.0 Å². The molecule has 0 saturated carbocycles. The largest absolute Gasteiger partial charge is 0.497 e. The van der Waals surface area contributed by atoms with Gasteiger partial charge in [-0.15, -0.1) is 0 Å². The summed E-state index contributed by atoms with van der Waals surface area (Å²) in [5, 5.41) is 11.1. The third kappa shape index (κ3) is 3.72. The van der Waals surface area contributed by atoms with Gasteiger partial charge in [0, 0.05) is 19.2 Å². The average Bonchev–Trinajstić information content (AvgIpc) is 2.59. The molecular weight excluding hydrogens is 332 g/mol. The topological polar surface area (TPSA) is 89.8 Å². The number of sulfonamides is 1. The highest BCUT2D eigenvalue weighted by atomic mass is 32.2. The second-order valence-corrected chi connectivity index (χ2v) is 6.91. The van der Waals surface area contributed by atoms with E-state index < -0.39 is 20.6 Å². The monoisotopic (exact) mass is 350 g/mol. The predicted molar refractivity (Wildman–Crippen MR) is 89.4 cm³/mol. The molecule has 2 aromatic rings. The van der Waals surface area contributed by atoms with Crippen LogP contribution in [-0.4, -0.2) is 31.3 Å². The summed E-state index contributed by atoms with van der Waals surface area (Å²) in [5.41, 5.74) is 0.338. The Hall–Kier alpha value is -2.45. The van der Waals surface area contributed by atoms with Crippen LogP contribution < -0.4 is 4.74 Å². The molecule has 0 heterocycles. The van der Waals surface area contributed by atoms with Gasteiger partial charge < -0.3 is 4.74 Å². The van der Waals surface area contributed by atoms with Gasteiger partial charge in [0.05, 0.1) is 12.0 Å². The molecule has 0 unspecified atom stereocenters. The Morgan fingerprint density at radius 1 is 1.12 bits per heavy atom. The molecule has 0 spiro atoms. The third-order valence-electron chi connectivity index (χ3n) is 3.55. The fourth-order valence-corrected chi connectivity index (χ4v) is 3.86. The molecule has 2 aromatic carbocycles. The van der Waals surface area contributed by atoms with Crippen LogP contribution in [0, 0.1) is 10.1 Å². The lowest BCUT2D eigenvalue weighted by atomic mass is 10.2. The highest BCUT2D eigenvalue weighted by Gasteiger charge is 2.30. The smallest absolute Gasteiger partial charge is 0.289 e. The summed E-state index contributed by atoms with van der Waals surface area (Å²) in [6.45, 7) is 2.01. The number of nitro groups is 1. The van der Waals surface area contributed by atoms with Gasteiger partial charge >= 0.3 is 0 Å². The molecule has 128 valence electrons. The van der Waals surface area contributed by atoms with Crippen LogP contribution in [0.2, 0.25) is 0 Å². The van der Waals surface area contributed by atoms with E-state index >= 15 is 0 Å². The number of nitrogens with zero attached hydrogens (tertiary/aromatic N) is 2. The first-order valence-corrected chi connectivity index (χ1v) is 8.70. The van der Waals surface area contributed by atoms with Crippen molar-refractivity contribution >= 4 is 15.7 Å². The van der Waals surface area contributed by atoms with Gasteiger partial charge in [0.15, 0.2) is 4.90 Å². The van der Waals surface area contributed by atoms with Crippen LogP contribution in [0.5, 0.6) is 5.75 Å². The standard InChI is InChI=1S/C16H18N2O5S/c1-3-17(12-13-8-10-14(23-2)11-9-13)24(21,22)16-7-5-4-6-15(16)18(19)20/h4-11H,3,12H2,1-2H3. The minimum atomic E-state index is -3.98. The minimum absolute atomic E-state index is 0.120. The zero-order chi connectivity index (χ0) is 17.7. The van der Waals surface area contributed by atoms with Crippen molar-refractivity contribution in [2.75, 3.05) is 13.7 Å². The molecule has 0 amide bonds. The van der Waals surface area contributed by atoms with Crippen LogP contribution in [0.1, 0.15) is 12.5 Å². The van der Waals surface area contributed by atoms with Gasteiger partial charge in [0.2, 0.25) is 10.0 Å². The maximum absolute atomic E-state index is 12.8. The molecule has 0 aliphatic heterocycles. The van der Waals surface area contributed by atoms with E-state index in [9.17, 15) is 18.5 Å². The Morgan fingerprint density at radius 2 is 1.75 bits per heavy atom. The van der Waals surface area contributed by atoms with Crippen LogP contribution in [0.3, 0.4) is 0 Å². The molecule has 0 bridgehead atoms. The first-order valence-electron chi connectivity index (χ1n) is 7.26. The van der Waals surface area contributed by atoms with Gasteiger partial charge in [0.25, 0.3) is 5.69 Å². The van der Waals surface area contributed by atoms with Crippen molar-refractivity contribution < 1.29 is 18.1 Å². The molecule has 0 aliphatic rings. The Kier molecular flexibility index (Phi) is 5.53. The first kappa shape index (κ1) is 17.9. The van der Waals surface area contributed by atoms with E-state index in [1.807, 2.05) is 0 Å². The van der Waals surface area contributed by atoms with Gasteiger partial charge in [-0.2, -0.15) is 4.31 Å². The van der Waals surface area contributed by atoms with Crippen LogP contribution in [-0.2, 0) is 16.6 Å². The summed E-state index contributed by atoms with van der Waals surface area (Å²) in [5.74, 6) is 0.670. The molecule has 0 saturated heterocycles. The second-order valence-electron chi connectivity index (χ2n) is 5.00. The molecule has 7 nitrogen and oxygen atoms in total. The summed E-state index contributed by atoms with van der Waals surface area (Å²) < 4.78 is 31.9. The fourth-order valence-electron chi connectivity index (χ4n) is 2.27. The molecular formula is C16H18N2O5S. The van der Waals surface area contributed by atoms with E-state index in [4.69, 9.17) is 4.74 Å². The van der Waals surface area contributed by atoms with Gasteiger partial charge in [0.1, 0.15) is 5.75 Å². The van der Waals surface area contributed by atoms with Crippen LogP contribution in [0.4, 0.5) is 5.69 Å². The zero-order valence-corrected chi connectivity index (χ0v) is 14.2. The fraction of sp³-hybridized carbons (Fsp3) is 0.250. The molecule has 0 atom stereocenters. The zero-order valence-electron chi connectivity index (χ0n) is 13.4. The van der Waals surface area contributed by atoms with Gasteiger partial charge in [-0.05, 0) is 23.8 Å². The van der Waals surface area contributed by atoms with Gasteiger partial charge in [-0.3, -0.25) is 10.1 Å². The van der Waals surface area contributed by atoms with Crippen molar-refractivity contribution in [2.45, 2.75) is 18.4 Å². The molecule has 24 heavy (non-hydrogen) atoms. The summed E-state index contributed by atoms with van der Waals surface area (Å²) in [7, 11) is -2.43.